The molecule has 0 saturated heterocycles. The van der Waals surface area contributed by atoms with Gasteiger partial charge >= 0.3 is 5.97 Å². The SMILES string of the molecule is CC(C)NC(=O)CCNC(=O)c1csc(/C=C/C(=O)O)c1. The Morgan fingerprint density at radius 3 is 2.71 bits per heavy atom. The van der Waals surface area contributed by atoms with Crippen molar-refractivity contribution >= 4 is 35.2 Å². The van der Waals surface area contributed by atoms with Crippen LogP contribution in [0.5, 0.6) is 0 Å². The maximum Gasteiger partial charge on any atom is 0.328 e. The highest BCUT2D eigenvalue weighted by atomic mass is 32.1. The summed E-state index contributed by atoms with van der Waals surface area (Å²) in [4.78, 5) is 34.3. The zero-order valence-corrected chi connectivity index (χ0v) is 12.7. The summed E-state index contributed by atoms with van der Waals surface area (Å²) in [6.45, 7) is 4.00. The summed E-state index contributed by atoms with van der Waals surface area (Å²) in [6, 6.07) is 1.68. The minimum absolute atomic E-state index is 0.0775. The predicted octanol–water partition coefficient (Wildman–Crippen LogP) is 1.49. The van der Waals surface area contributed by atoms with Gasteiger partial charge in [-0.1, -0.05) is 0 Å². The average molecular weight is 310 g/mol. The number of thiophene rings is 1. The first-order valence-electron chi connectivity index (χ1n) is 6.45. The van der Waals surface area contributed by atoms with E-state index in [4.69, 9.17) is 5.11 Å². The molecule has 0 aliphatic heterocycles. The second-order valence-corrected chi connectivity index (χ2v) is 5.58. The van der Waals surface area contributed by atoms with E-state index in [9.17, 15) is 14.4 Å². The van der Waals surface area contributed by atoms with Gasteiger partial charge in [0.2, 0.25) is 5.91 Å². The Bertz CT molecular complexity index is 549. The number of aliphatic carboxylic acids is 1. The molecule has 7 heteroatoms. The van der Waals surface area contributed by atoms with Gasteiger partial charge in [0.05, 0.1) is 5.56 Å². The van der Waals surface area contributed by atoms with Gasteiger partial charge in [-0.15, -0.1) is 11.3 Å². The zero-order chi connectivity index (χ0) is 15.8. The minimum atomic E-state index is -1.04. The Labute approximate surface area is 126 Å². The number of carbonyl (C=O) groups excluding carboxylic acids is 2. The molecule has 0 spiro atoms. The number of carboxylic acids is 1. The summed E-state index contributed by atoms with van der Waals surface area (Å²) in [7, 11) is 0. The number of carbonyl (C=O) groups is 3. The van der Waals surface area contributed by atoms with E-state index in [-0.39, 0.29) is 30.8 Å². The third kappa shape index (κ3) is 6.71. The molecular weight excluding hydrogens is 292 g/mol. The molecule has 0 aliphatic carbocycles. The van der Waals surface area contributed by atoms with E-state index >= 15 is 0 Å². The third-order valence-electron chi connectivity index (χ3n) is 2.36. The normalized spacial score (nSPS) is 10.8. The van der Waals surface area contributed by atoms with Crippen LogP contribution in [0.2, 0.25) is 0 Å². The van der Waals surface area contributed by atoms with Gasteiger partial charge in [0.15, 0.2) is 0 Å². The molecule has 0 saturated carbocycles. The van der Waals surface area contributed by atoms with E-state index in [2.05, 4.69) is 10.6 Å². The fourth-order valence-electron chi connectivity index (χ4n) is 1.50. The van der Waals surface area contributed by atoms with Gasteiger partial charge in [-0.05, 0) is 26.0 Å². The molecule has 114 valence electrons. The molecule has 0 aliphatic rings. The van der Waals surface area contributed by atoms with Crippen molar-refractivity contribution < 1.29 is 19.5 Å². The highest BCUT2D eigenvalue weighted by Crippen LogP contribution is 2.16. The lowest BCUT2D eigenvalue weighted by molar-refractivity contribution is -0.131. The molecule has 2 amide bonds. The van der Waals surface area contributed by atoms with Crippen molar-refractivity contribution in [2.24, 2.45) is 0 Å². The summed E-state index contributed by atoms with van der Waals surface area (Å²) in [6.07, 6.45) is 2.67. The molecule has 0 radical (unpaired) electrons. The summed E-state index contributed by atoms with van der Waals surface area (Å²) >= 11 is 1.28. The van der Waals surface area contributed by atoms with Crippen molar-refractivity contribution in [1.29, 1.82) is 0 Å². The van der Waals surface area contributed by atoms with Gasteiger partial charge in [0.25, 0.3) is 5.91 Å². The van der Waals surface area contributed by atoms with Crippen LogP contribution in [0.15, 0.2) is 17.5 Å². The molecule has 0 unspecified atom stereocenters. The van der Waals surface area contributed by atoms with Crippen LogP contribution in [-0.4, -0.2) is 35.5 Å². The summed E-state index contributed by atoms with van der Waals surface area (Å²) < 4.78 is 0. The molecule has 21 heavy (non-hydrogen) atoms. The number of amides is 2. The number of hydrogen-bond donors (Lipinski definition) is 3. The highest BCUT2D eigenvalue weighted by molar-refractivity contribution is 7.11. The molecule has 0 fully saturated rings. The zero-order valence-electron chi connectivity index (χ0n) is 11.9. The van der Waals surface area contributed by atoms with Crippen LogP contribution < -0.4 is 10.6 Å². The van der Waals surface area contributed by atoms with Gasteiger partial charge < -0.3 is 15.7 Å². The second kappa shape index (κ2) is 8.21. The number of rotatable bonds is 7. The Morgan fingerprint density at radius 1 is 1.38 bits per heavy atom. The van der Waals surface area contributed by atoms with Crippen molar-refractivity contribution in [2.45, 2.75) is 26.3 Å². The van der Waals surface area contributed by atoms with Crippen LogP contribution in [0.1, 0.15) is 35.5 Å². The van der Waals surface area contributed by atoms with E-state index < -0.39 is 5.97 Å². The van der Waals surface area contributed by atoms with Crippen LogP contribution >= 0.6 is 11.3 Å². The lowest BCUT2D eigenvalue weighted by atomic mass is 10.2. The largest absolute Gasteiger partial charge is 0.478 e. The van der Waals surface area contributed by atoms with Gasteiger partial charge in [-0.3, -0.25) is 9.59 Å². The van der Waals surface area contributed by atoms with Gasteiger partial charge in [-0.25, -0.2) is 4.79 Å². The maximum absolute atomic E-state index is 11.8. The van der Waals surface area contributed by atoms with Crippen molar-refractivity contribution in [3.8, 4) is 0 Å². The van der Waals surface area contributed by atoms with Crippen LogP contribution in [0, 0.1) is 0 Å². The first-order chi connectivity index (χ1) is 9.88. The van der Waals surface area contributed by atoms with Crippen LogP contribution in [0.25, 0.3) is 6.08 Å². The topological polar surface area (TPSA) is 95.5 Å². The molecule has 6 nitrogen and oxygen atoms in total. The van der Waals surface area contributed by atoms with Crippen molar-refractivity contribution in [2.75, 3.05) is 6.54 Å². The fourth-order valence-corrected chi connectivity index (χ4v) is 2.28. The lowest BCUT2D eigenvalue weighted by Gasteiger charge is -2.08. The van der Waals surface area contributed by atoms with Gasteiger partial charge in [0.1, 0.15) is 0 Å². The molecule has 1 rings (SSSR count). The molecule has 0 atom stereocenters. The van der Waals surface area contributed by atoms with Gasteiger partial charge in [0, 0.05) is 35.3 Å². The molecule has 0 aromatic carbocycles. The second-order valence-electron chi connectivity index (χ2n) is 4.64. The number of hydrogen-bond acceptors (Lipinski definition) is 4. The van der Waals surface area contributed by atoms with Crippen molar-refractivity contribution in [1.82, 2.24) is 10.6 Å². The molecule has 1 heterocycles. The molecular formula is C14H18N2O4S. The minimum Gasteiger partial charge on any atom is -0.478 e. The summed E-state index contributed by atoms with van der Waals surface area (Å²) in [5, 5.41) is 15.5. The number of carboxylic acid groups (broad SMARTS) is 1. The first kappa shape index (κ1) is 16.9. The van der Waals surface area contributed by atoms with Gasteiger partial charge in [-0.2, -0.15) is 0 Å². The van der Waals surface area contributed by atoms with Crippen LogP contribution in [0.3, 0.4) is 0 Å². The van der Waals surface area contributed by atoms with Crippen LogP contribution in [0.4, 0.5) is 0 Å². The van der Waals surface area contributed by atoms with E-state index in [0.29, 0.717) is 10.4 Å². The standard InChI is InChI=1S/C14H18N2O4S/c1-9(2)16-12(17)5-6-15-14(20)10-7-11(21-8-10)3-4-13(18)19/h3-4,7-9H,5-6H2,1-2H3,(H,15,20)(H,16,17)(H,18,19)/b4-3+. The Balaban J connectivity index is 2.42. The van der Waals surface area contributed by atoms with Crippen molar-refractivity contribution in [3.05, 3.63) is 28.0 Å². The fraction of sp³-hybridized carbons (Fsp3) is 0.357. The highest BCUT2D eigenvalue weighted by Gasteiger charge is 2.09. The quantitative estimate of drug-likeness (QED) is 0.665. The maximum atomic E-state index is 11.8. The smallest absolute Gasteiger partial charge is 0.328 e. The Morgan fingerprint density at radius 2 is 2.10 bits per heavy atom. The predicted molar refractivity (Wildman–Crippen MR) is 81.2 cm³/mol. The van der Waals surface area contributed by atoms with Crippen LogP contribution in [-0.2, 0) is 9.59 Å². The lowest BCUT2D eigenvalue weighted by Crippen LogP contribution is -2.34. The number of nitrogens with one attached hydrogen (secondary N) is 2. The monoisotopic (exact) mass is 310 g/mol. The van der Waals surface area contributed by atoms with E-state index in [1.165, 1.54) is 17.4 Å². The average Bonchev–Trinajstić information content (AvgIpc) is 2.84. The van der Waals surface area contributed by atoms with E-state index in [0.717, 1.165) is 6.08 Å². The third-order valence-corrected chi connectivity index (χ3v) is 3.26. The molecule has 1 aromatic rings. The van der Waals surface area contributed by atoms with E-state index in [1.807, 2.05) is 13.8 Å². The molecule has 0 bridgehead atoms. The summed E-state index contributed by atoms with van der Waals surface area (Å²) in [5.41, 5.74) is 0.453. The first-order valence-corrected chi connectivity index (χ1v) is 7.33. The molecule has 1 aromatic heterocycles. The summed E-state index contributed by atoms with van der Waals surface area (Å²) in [5.74, 6) is -1.43. The van der Waals surface area contributed by atoms with Crippen molar-refractivity contribution in [3.63, 3.8) is 0 Å². The Kier molecular flexibility index (Phi) is 6.61. The Hall–Kier alpha value is -2.15. The van der Waals surface area contributed by atoms with E-state index in [1.54, 1.807) is 11.4 Å². The molecule has 3 N–H and O–H groups in total.